The van der Waals surface area contributed by atoms with Gasteiger partial charge < -0.3 is 4.12 Å². The Morgan fingerprint density at radius 2 is 1.35 bits per heavy atom. The molecule has 0 spiro atoms. The molecule has 88 valence electrons. The maximum Gasteiger partial charge on any atom is 0.146 e. The zero-order valence-corrected chi connectivity index (χ0v) is 13.6. The van der Waals surface area contributed by atoms with Gasteiger partial charge in [0, 0.05) is 5.92 Å². The van der Waals surface area contributed by atoms with Crippen molar-refractivity contribution in [2.75, 3.05) is 0 Å². The van der Waals surface area contributed by atoms with Crippen molar-refractivity contribution in [3.8, 4) is 0 Å². The summed E-state index contributed by atoms with van der Waals surface area (Å²) in [6.45, 7) is 0. The van der Waals surface area contributed by atoms with Gasteiger partial charge in [-0.25, -0.2) is 0 Å². The highest BCUT2D eigenvalue weighted by atomic mass is 28.3. The maximum atomic E-state index is 5.49. The lowest BCUT2D eigenvalue weighted by atomic mass is 9.93. The second-order valence-electron chi connectivity index (χ2n) is 4.16. The first-order valence-electron chi connectivity index (χ1n) is 6.00. The zero-order chi connectivity index (χ0) is 11.9. The van der Waals surface area contributed by atoms with E-state index in [0.717, 1.165) is 10.5 Å². The van der Waals surface area contributed by atoms with Crippen LogP contribution in [0.2, 0.25) is 6.04 Å². The number of rotatable bonds is 5. The molecule has 0 N–H and O–H groups in total. The standard InChI is InChI=1S/C14H18OSi2/c16-15-17-11-14(12-7-3-1-4-8-12)13-9-5-2-6-10-13/h1-10,14H,11,17H2,16H3. The highest BCUT2D eigenvalue weighted by molar-refractivity contribution is 6.34. The smallest absolute Gasteiger partial charge is 0.146 e. The fraction of sp³-hybridized carbons (Fsp3) is 0.143. The average Bonchev–Trinajstić information content (AvgIpc) is 2.42. The molecule has 0 saturated heterocycles. The van der Waals surface area contributed by atoms with Crippen LogP contribution in [0.15, 0.2) is 60.7 Å². The fourth-order valence-corrected chi connectivity index (χ4v) is 3.98. The SMILES string of the molecule is [SiH3]O[SiH2]CC(c1ccccc1)c1ccccc1. The first-order chi connectivity index (χ1) is 8.42. The van der Waals surface area contributed by atoms with Gasteiger partial charge in [-0.3, -0.25) is 0 Å². The number of hydrogen-bond donors (Lipinski definition) is 0. The Kier molecular flexibility index (Phi) is 4.73. The fourth-order valence-electron chi connectivity index (χ4n) is 2.13. The Morgan fingerprint density at radius 3 is 1.76 bits per heavy atom. The molecule has 0 saturated carbocycles. The molecule has 0 heterocycles. The topological polar surface area (TPSA) is 9.23 Å². The predicted octanol–water partition coefficient (Wildman–Crippen LogP) is 1.62. The van der Waals surface area contributed by atoms with Crippen LogP contribution < -0.4 is 0 Å². The van der Waals surface area contributed by atoms with Crippen LogP contribution in [0, 0.1) is 0 Å². The van der Waals surface area contributed by atoms with Gasteiger partial charge in [0.2, 0.25) is 0 Å². The van der Waals surface area contributed by atoms with Gasteiger partial charge in [0.25, 0.3) is 0 Å². The molecule has 0 amide bonds. The van der Waals surface area contributed by atoms with Crippen LogP contribution in [0.3, 0.4) is 0 Å². The summed E-state index contributed by atoms with van der Waals surface area (Å²) < 4.78 is 5.49. The van der Waals surface area contributed by atoms with Crippen LogP contribution in [0.5, 0.6) is 0 Å². The highest BCUT2D eigenvalue weighted by Crippen LogP contribution is 2.27. The lowest BCUT2D eigenvalue weighted by molar-refractivity contribution is 0.651. The van der Waals surface area contributed by atoms with Crippen molar-refractivity contribution >= 4 is 20.2 Å². The third-order valence-electron chi connectivity index (χ3n) is 3.01. The van der Waals surface area contributed by atoms with E-state index in [2.05, 4.69) is 60.7 Å². The third kappa shape index (κ3) is 3.39. The lowest BCUT2D eigenvalue weighted by Gasteiger charge is -2.17. The molecule has 2 rings (SSSR count). The Bertz CT molecular complexity index is 391. The number of hydrogen-bond acceptors (Lipinski definition) is 1. The molecule has 0 atom stereocenters. The van der Waals surface area contributed by atoms with Crippen molar-refractivity contribution in [1.29, 1.82) is 0 Å². The van der Waals surface area contributed by atoms with Crippen LogP contribution in [0.1, 0.15) is 17.0 Å². The monoisotopic (exact) mass is 258 g/mol. The van der Waals surface area contributed by atoms with Gasteiger partial charge in [0.05, 0.1) is 0 Å². The van der Waals surface area contributed by atoms with Crippen molar-refractivity contribution in [1.82, 2.24) is 0 Å². The molecule has 2 aromatic rings. The molecule has 0 aromatic heterocycles. The lowest BCUT2D eigenvalue weighted by Crippen LogP contribution is -2.06. The molecule has 0 radical (unpaired) electrons. The van der Waals surface area contributed by atoms with Crippen molar-refractivity contribution in [3.63, 3.8) is 0 Å². The molecule has 0 aliphatic carbocycles. The van der Waals surface area contributed by atoms with Crippen molar-refractivity contribution in [2.24, 2.45) is 0 Å². The van der Waals surface area contributed by atoms with Gasteiger partial charge in [-0.1, -0.05) is 60.7 Å². The molecule has 17 heavy (non-hydrogen) atoms. The minimum atomic E-state index is -0.352. The van der Waals surface area contributed by atoms with E-state index in [-0.39, 0.29) is 9.76 Å². The van der Waals surface area contributed by atoms with E-state index in [1.165, 1.54) is 17.2 Å². The molecule has 3 heteroatoms. The minimum absolute atomic E-state index is 0.352. The molecule has 0 aliphatic rings. The van der Waals surface area contributed by atoms with Crippen molar-refractivity contribution in [3.05, 3.63) is 71.8 Å². The summed E-state index contributed by atoms with van der Waals surface area (Å²) in [4.78, 5) is 0. The Balaban J connectivity index is 2.26. The van der Waals surface area contributed by atoms with Gasteiger partial charge in [-0.05, 0) is 17.2 Å². The quantitative estimate of drug-likeness (QED) is 0.741. The van der Waals surface area contributed by atoms with Gasteiger partial charge in [-0.15, -0.1) is 0 Å². The Morgan fingerprint density at radius 1 is 0.882 bits per heavy atom. The minimum Gasteiger partial charge on any atom is -0.468 e. The summed E-state index contributed by atoms with van der Waals surface area (Å²) in [7, 11) is 0.529. The highest BCUT2D eigenvalue weighted by Gasteiger charge is 2.13. The van der Waals surface area contributed by atoms with E-state index < -0.39 is 0 Å². The van der Waals surface area contributed by atoms with E-state index >= 15 is 0 Å². The van der Waals surface area contributed by atoms with Gasteiger partial charge in [0.15, 0.2) is 0 Å². The Hall–Kier alpha value is -1.17. The first kappa shape index (κ1) is 12.3. The summed E-state index contributed by atoms with van der Waals surface area (Å²) in [5, 5.41) is 0. The molecule has 0 unspecified atom stereocenters. The van der Waals surface area contributed by atoms with Crippen LogP contribution in [-0.4, -0.2) is 20.2 Å². The largest absolute Gasteiger partial charge is 0.468 e. The predicted molar refractivity (Wildman–Crippen MR) is 79.1 cm³/mol. The van der Waals surface area contributed by atoms with Crippen LogP contribution in [-0.2, 0) is 4.12 Å². The van der Waals surface area contributed by atoms with Gasteiger partial charge in [0.1, 0.15) is 20.2 Å². The van der Waals surface area contributed by atoms with Crippen LogP contribution >= 0.6 is 0 Å². The van der Waals surface area contributed by atoms with E-state index in [0.29, 0.717) is 5.92 Å². The summed E-state index contributed by atoms with van der Waals surface area (Å²) >= 11 is 0. The zero-order valence-electron chi connectivity index (χ0n) is 10.2. The second kappa shape index (κ2) is 6.54. The third-order valence-corrected chi connectivity index (χ3v) is 5.46. The van der Waals surface area contributed by atoms with Crippen LogP contribution in [0.4, 0.5) is 0 Å². The van der Waals surface area contributed by atoms with E-state index in [1.54, 1.807) is 0 Å². The molecular weight excluding hydrogens is 240 g/mol. The van der Waals surface area contributed by atoms with Crippen molar-refractivity contribution < 1.29 is 4.12 Å². The molecule has 0 bridgehead atoms. The molecular formula is C14H18OSi2. The summed E-state index contributed by atoms with van der Waals surface area (Å²) in [5.74, 6) is 0.512. The molecule has 2 aromatic carbocycles. The first-order valence-corrected chi connectivity index (χ1v) is 8.40. The molecule has 0 fully saturated rings. The van der Waals surface area contributed by atoms with E-state index in [9.17, 15) is 0 Å². The van der Waals surface area contributed by atoms with E-state index in [4.69, 9.17) is 4.12 Å². The normalized spacial score (nSPS) is 11.6. The summed E-state index contributed by atoms with van der Waals surface area (Å²) in [5.41, 5.74) is 2.81. The van der Waals surface area contributed by atoms with Gasteiger partial charge in [-0.2, -0.15) is 0 Å². The Labute approximate surface area is 108 Å². The maximum absolute atomic E-state index is 5.49. The molecule has 0 aliphatic heterocycles. The average molecular weight is 258 g/mol. The summed E-state index contributed by atoms with van der Waals surface area (Å²) in [6, 6.07) is 22.7. The number of benzene rings is 2. The van der Waals surface area contributed by atoms with E-state index in [1.807, 2.05) is 0 Å². The van der Waals surface area contributed by atoms with Gasteiger partial charge >= 0.3 is 0 Å². The van der Waals surface area contributed by atoms with Crippen molar-refractivity contribution in [2.45, 2.75) is 12.0 Å². The second-order valence-corrected chi connectivity index (χ2v) is 7.45. The molecule has 1 nitrogen and oxygen atoms in total. The summed E-state index contributed by atoms with van der Waals surface area (Å²) in [6.07, 6.45) is 0. The van der Waals surface area contributed by atoms with Crippen LogP contribution in [0.25, 0.3) is 0 Å².